The van der Waals surface area contributed by atoms with E-state index in [1.807, 2.05) is 0 Å². The monoisotopic (exact) mass is 384 g/mol. The van der Waals surface area contributed by atoms with Crippen LogP contribution in [0.15, 0.2) is 36.4 Å². The number of halogens is 3. The number of nitrogens with zero attached hydrogens (tertiary/aromatic N) is 1. The highest BCUT2D eigenvalue weighted by atomic mass is 32.2. The molecule has 138 valence electrons. The first-order chi connectivity index (χ1) is 12.2. The Labute approximate surface area is 148 Å². The van der Waals surface area contributed by atoms with Crippen molar-refractivity contribution in [1.29, 1.82) is 0 Å². The number of hydrogen-bond donors (Lipinski definition) is 1. The first-order valence-electron chi connectivity index (χ1n) is 7.72. The zero-order chi connectivity index (χ0) is 19.1. The third-order valence-electron chi connectivity index (χ3n) is 3.85. The second kappa shape index (κ2) is 6.64. The van der Waals surface area contributed by atoms with Crippen molar-refractivity contribution in [1.82, 2.24) is 0 Å². The first-order valence-corrected chi connectivity index (χ1v) is 9.61. The summed E-state index contributed by atoms with van der Waals surface area (Å²) in [6, 6.07) is 7.36. The second-order valence-corrected chi connectivity index (χ2v) is 7.80. The lowest BCUT2D eigenvalue weighted by Gasteiger charge is -2.23. The molecule has 0 saturated heterocycles. The normalized spacial score (nSPS) is 14.2. The van der Waals surface area contributed by atoms with Crippen molar-refractivity contribution in [2.24, 2.45) is 0 Å². The minimum absolute atomic E-state index is 0.177. The molecule has 0 aliphatic heterocycles. The summed E-state index contributed by atoms with van der Waals surface area (Å²) in [4.78, 5) is 14.0. The van der Waals surface area contributed by atoms with Crippen molar-refractivity contribution in [2.75, 3.05) is 15.9 Å². The van der Waals surface area contributed by atoms with Gasteiger partial charge in [0.1, 0.15) is 0 Å². The van der Waals surface area contributed by atoms with E-state index < -0.39 is 38.9 Å². The third kappa shape index (κ3) is 3.82. The van der Waals surface area contributed by atoms with Gasteiger partial charge in [-0.1, -0.05) is 0 Å². The van der Waals surface area contributed by atoms with E-state index in [1.54, 1.807) is 0 Å². The van der Waals surface area contributed by atoms with Crippen LogP contribution in [0.3, 0.4) is 0 Å². The smallest absolute Gasteiger partial charge is 0.261 e. The Morgan fingerprint density at radius 3 is 2.19 bits per heavy atom. The summed E-state index contributed by atoms with van der Waals surface area (Å²) in [7, 11) is -3.45. The minimum atomic E-state index is -3.45. The van der Waals surface area contributed by atoms with Gasteiger partial charge in [0, 0.05) is 17.4 Å². The molecule has 0 unspecified atom stereocenters. The summed E-state index contributed by atoms with van der Waals surface area (Å²) < 4.78 is 65.3. The average molecular weight is 384 g/mol. The van der Waals surface area contributed by atoms with E-state index in [2.05, 4.69) is 4.72 Å². The molecule has 1 saturated carbocycles. The van der Waals surface area contributed by atoms with Gasteiger partial charge in [-0.25, -0.2) is 21.6 Å². The van der Waals surface area contributed by atoms with E-state index in [0.717, 1.165) is 12.3 Å². The fourth-order valence-corrected chi connectivity index (χ4v) is 3.12. The molecule has 1 aliphatic rings. The van der Waals surface area contributed by atoms with E-state index in [1.165, 1.54) is 29.2 Å². The topological polar surface area (TPSA) is 66.5 Å². The van der Waals surface area contributed by atoms with Gasteiger partial charge in [-0.05, 0) is 49.2 Å². The zero-order valence-electron chi connectivity index (χ0n) is 13.7. The largest absolute Gasteiger partial charge is 0.305 e. The highest BCUT2D eigenvalue weighted by molar-refractivity contribution is 7.92. The van der Waals surface area contributed by atoms with Crippen LogP contribution in [-0.4, -0.2) is 26.6 Å². The van der Waals surface area contributed by atoms with E-state index in [9.17, 15) is 26.4 Å². The van der Waals surface area contributed by atoms with Crippen molar-refractivity contribution in [3.8, 4) is 0 Å². The SMILES string of the molecule is CS(=O)(=O)Nc1ccc(N(C(=O)c2ccc(F)c(F)c2F)C2CC2)cc1. The number of hydrogen-bond acceptors (Lipinski definition) is 3. The van der Waals surface area contributed by atoms with Gasteiger partial charge in [-0.3, -0.25) is 9.52 Å². The molecule has 2 aromatic carbocycles. The molecule has 1 N–H and O–H groups in total. The molecule has 0 aromatic heterocycles. The molecule has 9 heteroatoms. The van der Waals surface area contributed by atoms with Crippen LogP contribution < -0.4 is 9.62 Å². The van der Waals surface area contributed by atoms with E-state index >= 15 is 0 Å². The summed E-state index contributed by atoms with van der Waals surface area (Å²) in [5.41, 5.74) is 0.147. The molecule has 0 spiro atoms. The van der Waals surface area contributed by atoms with E-state index in [4.69, 9.17) is 0 Å². The molecule has 0 bridgehead atoms. The van der Waals surface area contributed by atoms with Crippen LogP contribution >= 0.6 is 0 Å². The zero-order valence-corrected chi connectivity index (χ0v) is 14.5. The molecule has 5 nitrogen and oxygen atoms in total. The quantitative estimate of drug-likeness (QED) is 0.805. The molecule has 0 radical (unpaired) electrons. The van der Waals surface area contributed by atoms with Gasteiger partial charge in [-0.2, -0.15) is 0 Å². The van der Waals surface area contributed by atoms with Crippen LogP contribution in [0.2, 0.25) is 0 Å². The number of amides is 1. The van der Waals surface area contributed by atoms with Gasteiger partial charge in [-0.15, -0.1) is 0 Å². The van der Waals surface area contributed by atoms with Crippen molar-refractivity contribution >= 4 is 27.3 Å². The Morgan fingerprint density at radius 2 is 1.65 bits per heavy atom. The van der Waals surface area contributed by atoms with Crippen LogP contribution in [-0.2, 0) is 10.0 Å². The van der Waals surface area contributed by atoms with Crippen molar-refractivity contribution in [2.45, 2.75) is 18.9 Å². The lowest BCUT2D eigenvalue weighted by atomic mass is 10.1. The van der Waals surface area contributed by atoms with Crippen LogP contribution in [0.5, 0.6) is 0 Å². The van der Waals surface area contributed by atoms with E-state index in [0.29, 0.717) is 30.3 Å². The number of carbonyl (C=O) groups excluding carboxylic acids is 1. The van der Waals surface area contributed by atoms with Gasteiger partial charge < -0.3 is 4.90 Å². The lowest BCUT2D eigenvalue weighted by molar-refractivity contribution is 0.0980. The maximum atomic E-state index is 14.0. The van der Waals surface area contributed by atoms with Gasteiger partial charge >= 0.3 is 0 Å². The summed E-state index contributed by atoms with van der Waals surface area (Å²) >= 11 is 0. The van der Waals surface area contributed by atoms with Crippen molar-refractivity contribution < 1.29 is 26.4 Å². The van der Waals surface area contributed by atoms with Gasteiger partial charge in [0.15, 0.2) is 17.5 Å². The molecular weight excluding hydrogens is 369 g/mol. The molecule has 0 atom stereocenters. The molecule has 2 aromatic rings. The van der Waals surface area contributed by atoms with Crippen LogP contribution in [0, 0.1) is 17.5 Å². The summed E-state index contributed by atoms with van der Waals surface area (Å²) in [6.45, 7) is 0. The Bertz CT molecular complexity index is 958. The highest BCUT2D eigenvalue weighted by Crippen LogP contribution is 2.34. The molecule has 3 rings (SSSR count). The number of nitrogens with one attached hydrogen (secondary N) is 1. The maximum absolute atomic E-state index is 14.0. The number of sulfonamides is 1. The highest BCUT2D eigenvalue weighted by Gasteiger charge is 2.36. The van der Waals surface area contributed by atoms with Crippen LogP contribution in [0.1, 0.15) is 23.2 Å². The van der Waals surface area contributed by atoms with Gasteiger partial charge in [0.25, 0.3) is 5.91 Å². The average Bonchev–Trinajstić information content (AvgIpc) is 3.38. The Hall–Kier alpha value is -2.55. The van der Waals surface area contributed by atoms with E-state index in [-0.39, 0.29) is 6.04 Å². The summed E-state index contributed by atoms with van der Waals surface area (Å²) in [5, 5.41) is 0. The summed E-state index contributed by atoms with van der Waals surface area (Å²) in [6.07, 6.45) is 2.40. The van der Waals surface area contributed by atoms with Gasteiger partial charge in [0.05, 0.1) is 11.8 Å². The molecule has 1 fully saturated rings. The minimum Gasteiger partial charge on any atom is -0.305 e. The molecular formula is C17H15F3N2O3S. The number of anilines is 2. The first kappa shape index (κ1) is 18.2. The Morgan fingerprint density at radius 1 is 1.04 bits per heavy atom. The second-order valence-electron chi connectivity index (χ2n) is 6.05. The molecule has 1 aliphatic carbocycles. The fourth-order valence-electron chi connectivity index (χ4n) is 2.55. The lowest BCUT2D eigenvalue weighted by Crippen LogP contribution is -2.34. The number of rotatable bonds is 5. The number of benzene rings is 2. The van der Waals surface area contributed by atoms with Crippen molar-refractivity contribution in [3.05, 3.63) is 59.4 Å². The predicted molar refractivity (Wildman–Crippen MR) is 91.1 cm³/mol. The van der Waals surface area contributed by atoms with Crippen molar-refractivity contribution in [3.63, 3.8) is 0 Å². The summed E-state index contributed by atoms with van der Waals surface area (Å²) in [5.74, 6) is -5.38. The maximum Gasteiger partial charge on any atom is 0.261 e. The standard InChI is InChI=1S/C17H15F3N2O3S/c1-26(24,25)21-10-2-4-11(5-3-10)22(12-6-7-12)17(23)13-8-9-14(18)16(20)15(13)19/h2-5,8-9,12,21H,6-7H2,1H3. The van der Waals surface area contributed by atoms with Gasteiger partial charge in [0.2, 0.25) is 10.0 Å². The third-order valence-corrected chi connectivity index (χ3v) is 4.45. The fraction of sp³-hybridized carbons (Fsp3) is 0.235. The Balaban J connectivity index is 1.93. The van der Waals surface area contributed by atoms with Crippen LogP contribution in [0.4, 0.5) is 24.5 Å². The molecule has 0 heterocycles. The number of carbonyl (C=O) groups is 1. The van der Waals surface area contributed by atoms with Crippen LogP contribution in [0.25, 0.3) is 0 Å². The predicted octanol–water partition coefficient (Wildman–Crippen LogP) is 3.28. The molecule has 26 heavy (non-hydrogen) atoms. The molecule has 1 amide bonds. The Kier molecular flexibility index (Phi) is 4.66.